The van der Waals surface area contributed by atoms with Gasteiger partial charge >= 0.3 is 0 Å². The smallest absolute Gasteiger partial charge is 0.169 e. The van der Waals surface area contributed by atoms with Gasteiger partial charge in [-0.2, -0.15) is 0 Å². The van der Waals surface area contributed by atoms with Crippen LogP contribution in [0.1, 0.15) is 11.1 Å². The summed E-state index contributed by atoms with van der Waals surface area (Å²) < 4.78 is 32.3. The van der Waals surface area contributed by atoms with Gasteiger partial charge in [-0.25, -0.2) is 8.42 Å². The van der Waals surface area contributed by atoms with E-state index in [1.807, 2.05) is 31.2 Å². The molecule has 0 bridgehead atoms. The number of aryl methyl sites for hydroxylation is 1. The molecule has 0 aliphatic rings. The summed E-state index contributed by atoms with van der Waals surface area (Å²) in [5, 5.41) is 0. The zero-order valence-electron chi connectivity index (χ0n) is 9.80. The molecule has 0 atom stereocenters. The second-order valence-corrected chi connectivity index (χ2v) is 6.14. The molecule has 16 heavy (non-hydrogen) atoms. The van der Waals surface area contributed by atoms with Crippen molar-refractivity contribution in [1.82, 2.24) is 0 Å². The van der Waals surface area contributed by atoms with Crippen LogP contribution in [0.4, 0.5) is 0 Å². The average Bonchev–Trinajstić information content (AvgIpc) is 2.04. The maximum absolute atomic E-state index is 10.7. The topological polar surface area (TPSA) is 57.2 Å². The fourth-order valence-electron chi connectivity index (χ4n) is 1.66. The van der Waals surface area contributed by atoms with Crippen molar-refractivity contribution in [3.8, 4) is 0 Å². The van der Waals surface area contributed by atoms with E-state index in [9.17, 15) is 13.0 Å². The highest BCUT2D eigenvalue weighted by Gasteiger charge is 2.19. The summed E-state index contributed by atoms with van der Waals surface area (Å²) in [5.41, 5.74) is 2.18. The molecule has 0 spiro atoms. The Morgan fingerprint density at radius 3 is 2.12 bits per heavy atom. The Morgan fingerprint density at radius 1 is 1.19 bits per heavy atom. The lowest BCUT2D eigenvalue weighted by molar-refractivity contribution is -0.892. The maximum atomic E-state index is 10.7. The van der Waals surface area contributed by atoms with Crippen LogP contribution < -0.4 is 0 Å². The van der Waals surface area contributed by atoms with Crippen LogP contribution in [0.15, 0.2) is 24.3 Å². The number of hydrogen-bond acceptors (Lipinski definition) is 3. The van der Waals surface area contributed by atoms with Gasteiger partial charge in [0, 0.05) is 5.56 Å². The van der Waals surface area contributed by atoms with Crippen molar-refractivity contribution < 1.29 is 17.5 Å². The van der Waals surface area contributed by atoms with Gasteiger partial charge in [-0.15, -0.1) is 0 Å². The molecule has 0 radical (unpaired) electrons. The van der Waals surface area contributed by atoms with Crippen LogP contribution >= 0.6 is 0 Å². The minimum absolute atomic E-state index is 0.148. The first-order valence-electron chi connectivity index (χ1n) is 4.99. The minimum atomic E-state index is -4.19. The minimum Gasteiger partial charge on any atom is -0.744 e. The Balaban J connectivity index is 2.76. The Morgan fingerprint density at radius 2 is 1.69 bits per heavy atom. The van der Waals surface area contributed by atoms with Crippen LogP contribution in [0.25, 0.3) is 0 Å². The van der Waals surface area contributed by atoms with Crippen molar-refractivity contribution in [1.29, 1.82) is 0 Å². The van der Waals surface area contributed by atoms with Crippen molar-refractivity contribution in [2.75, 3.05) is 20.0 Å². The van der Waals surface area contributed by atoms with Crippen LogP contribution in [-0.2, 0) is 16.7 Å². The van der Waals surface area contributed by atoms with E-state index in [1.54, 1.807) is 14.1 Å². The quantitative estimate of drug-likeness (QED) is 0.587. The molecule has 5 heteroatoms. The molecule has 1 aromatic rings. The van der Waals surface area contributed by atoms with Gasteiger partial charge in [0.05, 0.1) is 14.1 Å². The zero-order valence-corrected chi connectivity index (χ0v) is 10.6. The van der Waals surface area contributed by atoms with Crippen LogP contribution in [0.3, 0.4) is 0 Å². The molecule has 0 heterocycles. The van der Waals surface area contributed by atoms with Crippen molar-refractivity contribution in [2.45, 2.75) is 13.5 Å². The molecule has 0 aliphatic heterocycles. The lowest BCUT2D eigenvalue weighted by atomic mass is 10.1. The van der Waals surface area contributed by atoms with Gasteiger partial charge in [0.25, 0.3) is 0 Å². The first-order chi connectivity index (χ1) is 7.18. The van der Waals surface area contributed by atoms with Crippen LogP contribution in [0.2, 0.25) is 0 Å². The van der Waals surface area contributed by atoms with E-state index in [0.29, 0.717) is 6.54 Å². The van der Waals surface area contributed by atoms with E-state index < -0.39 is 10.1 Å². The number of rotatable bonds is 4. The third-order valence-electron chi connectivity index (χ3n) is 2.24. The fraction of sp³-hybridized carbons (Fsp3) is 0.455. The van der Waals surface area contributed by atoms with Crippen LogP contribution in [0.5, 0.6) is 0 Å². The summed E-state index contributed by atoms with van der Waals surface area (Å²) in [6.45, 7) is 2.52. The Bertz CT molecular complexity index is 449. The number of benzene rings is 1. The molecule has 0 aromatic heterocycles. The van der Waals surface area contributed by atoms with Gasteiger partial charge in [0.1, 0.15) is 16.7 Å². The first-order valence-corrected chi connectivity index (χ1v) is 6.57. The van der Waals surface area contributed by atoms with Crippen molar-refractivity contribution in [3.63, 3.8) is 0 Å². The van der Waals surface area contributed by atoms with E-state index in [4.69, 9.17) is 0 Å². The predicted molar refractivity (Wildman–Crippen MR) is 61.6 cm³/mol. The molecule has 1 rings (SSSR count). The highest BCUT2D eigenvalue weighted by atomic mass is 32.2. The summed E-state index contributed by atoms with van der Waals surface area (Å²) in [6.07, 6.45) is 0. The lowest BCUT2D eigenvalue weighted by Gasteiger charge is -2.30. The molecule has 1 aromatic carbocycles. The van der Waals surface area contributed by atoms with Gasteiger partial charge in [-0.05, 0) is 6.92 Å². The molecule has 0 unspecified atom stereocenters. The van der Waals surface area contributed by atoms with Gasteiger partial charge in [0.2, 0.25) is 0 Å². The third-order valence-corrected chi connectivity index (χ3v) is 3.25. The second-order valence-electron chi connectivity index (χ2n) is 4.77. The maximum Gasteiger partial charge on any atom is 0.169 e. The van der Waals surface area contributed by atoms with E-state index in [-0.39, 0.29) is 10.4 Å². The van der Waals surface area contributed by atoms with E-state index in [2.05, 4.69) is 0 Å². The summed E-state index contributed by atoms with van der Waals surface area (Å²) in [6, 6.07) is 7.85. The van der Waals surface area contributed by atoms with E-state index in [1.165, 1.54) is 0 Å². The lowest BCUT2D eigenvalue weighted by Crippen LogP contribution is -2.42. The fourth-order valence-corrected chi connectivity index (χ4v) is 2.61. The second kappa shape index (κ2) is 4.53. The average molecular weight is 243 g/mol. The molecule has 0 fully saturated rings. The molecular weight excluding hydrogens is 226 g/mol. The predicted octanol–water partition coefficient (Wildman–Crippen LogP) is 1.07. The molecule has 0 amide bonds. The van der Waals surface area contributed by atoms with E-state index >= 15 is 0 Å². The van der Waals surface area contributed by atoms with E-state index in [0.717, 1.165) is 11.1 Å². The summed E-state index contributed by atoms with van der Waals surface area (Å²) in [4.78, 5) is 0. The largest absolute Gasteiger partial charge is 0.744 e. The zero-order chi connectivity index (χ0) is 12.4. The standard InChI is InChI=1S/C11H17NO3S/c1-10-4-6-11(7-5-10)8-12(2,3)9-16(13,14)15/h4-7H,8-9H2,1-3H3. The highest BCUT2D eigenvalue weighted by Crippen LogP contribution is 2.11. The number of nitrogens with zero attached hydrogens (tertiary/aromatic N) is 1. The molecular formula is C11H17NO3S. The molecule has 0 N–H and O–H groups in total. The monoisotopic (exact) mass is 243 g/mol. The molecule has 0 aliphatic carbocycles. The van der Waals surface area contributed by atoms with Gasteiger partial charge in [-0.3, -0.25) is 0 Å². The third kappa shape index (κ3) is 4.74. The van der Waals surface area contributed by atoms with Gasteiger partial charge in [-0.1, -0.05) is 29.8 Å². The highest BCUT2D eigenvalue weighted by molar-refractivity contribution is 7.85. The molecule has 4 nitrogen and oxygen atoms in total. The van der Waals surface area contributed by atoms with Crippen molar-refractivity contribution >= 4 is 10.1 Å². The van der Waals surface area contributed by atoms with Gasteiger partial charge < -0.3 is 9.04 Å². The van der Waals surface area contributed by atoms with Crippen LogP contribution in [-0.4, -0.2) is 37.4 Å². The van der Waals surface area contributed by atoms with Gasteiger partial charge in [0.15, 0.2) is 5.88 Å². The summed E-state index contributed by atoms with van der Waals surface area (Å²) in [7, 11) is -0.725. The Hall–Kier alpha value is -0.910. The number of quaternary nitrogens is 1. The van der Waals surface area contributed by atoms with Crippen molar-refractivity contribution in [2.24, 2.45) is 0 Å². The Labute approximate surface area is 96.9 Å². The molecule has 0 saturated heterocycles. The Kier molecular flexibility index (Phi) is 3.72. The summed E-state index contributed by atoms with van der Waals surface area (Å²) >= 11 is 0. The molecule has 90 valence electrons. The normalized spacial score (nSPS) is 12.8. The summed E-state index contributed by atoms with van der Waals surface area (Å²) in [5.74, 6) is -0.388. The molecule has 0 saturated carbocycles. The first kappa shape index (κ1) is 13.2. The van der Waals surface area contributed by atoms with Crippen molar-refractivity contribution in [3.05, 3.63) is 35.4 Å². The number of hydrogen-bond donors (Lipinski definition) is 0. The SMILES string of the molecule is Cc1ccc(C[N+](C)(C)CS(=O)(=O)[O-])cc1. The van der Waals surface area contributed by atoms with Crippen LogP contribution in [0, 0.1) is 6.92 Å².